The van der Waals surface area contributed by atoms with Crippen LogP contribution in [0, 0.1) is 6.92 Å². The summed E-state index contributed by atoms with van der Waals surface area (Å²) in [6, 6.07) is 7.82. The number of hydrogen-bond donors (Lipinski definition) is 1. The van der Waals surface area contributed by atoms with Crippen LogP contribution in [0.3, 0.4) is 0 Å². The molecule has 0 unspecified atom stereocenters. The summed E-state index contributed by atoms with van der Waals surface area (Å²) in [5.41, 5.74) is 2.66. The molecule has 20 heavy (non-hydrogen) atoms. The van der Waals surface area contributed by atoms with Gasteiger partial charge in [-0.25, -0.2) is 8.78 Å². The normalized spacial score (nSPS) is 11.2. The van der Waals surface area contributed by atoms with Gasteiger partial charge in [-0.1, -0.05) is 36.8 Å². The third-order valence-corrected chi connectivity index (χ3v) is 3.15. The van der Waals surface area contributed by atoms with E-state index in [0.29, 0.717) is 18.7 Å². The largest absolute Gasteiger partial charge is 0.313 e. The highest BCUT2D eigenvalue weighted by atomic mass is 19.3. The molecule has 0 amide bonds. The molecule has 2 rings (SSSR count). The van der Waals surface area contributed by atoms with Gasteiger partial charge in [0.25, 0.3) is 6.43 Å². The smallest absolute Gasteiger partial charge is 0.280 e. The molecule has 5 heteroatoms. The van der Waals surface area contributed by atoms with Gasteiger partial charge in [0, 0.05) is 12.1 Å². The SMILES string of the molecule is CCNCc1cnn(Cc2cccc(C)c2)c1C(F)F. The predicted octanol–water partition coefficient (Wildman–Crippen LogP) is 3.29. The van der Waals surface area contributed by atoms with E-state index in [4.69, 9.17) is 0 Å². The number of aryl methyl sites for hydroxylation is 1. The maximum absolute atomic E-state index is 13.2. The van der Waals surface area contributed by atoms with Crippen LogP contribution in [0.4, 0.5) is 8.78 Å². The third kappa shape index (κ3) is 3.42. The lowest BCUT2D eigenvalue weighted by molar-refractivity contribution is 0.138. The molecule has 0 spiro atoms. The van der Waals surface area contributed by atoms with Crippen LogP contribution in [0.2, 0.25) is 0 Å². The van der Waals surface area contributed by atoms with Gasteiger partial charge in [0.15, 0.2) is 0 Å². The Balaban J connectivity index is 2.25. The first-order valence-corrected chi connectivity index (χ1v) is 6.70. The lowest BCUT2D eigenvalue weighted by atomic mass is 10.1. The van der Waals surface area contributed by atoms with E-state index in [9.17, 15) is 8.78 Å². The van der Waals surface area contributed by atoms with Crippen molar-refractivity contribution in [3.63, 3.8) is 0 Å². The third-order valence-electron chi connectivity index (χ3n) is 3.15. The molecule has 0 radical (unpaired) electrons. The van der Waals surface area contributed by atoms with Crippen molar-refractivity contribution in [3.8, 4) is 0 Å². The second-order valence-corrected chi connectivity index (χ2v) is 4.78. The standard InChI is InChI=1S/C15H19F2N3/c1-3-18-8-13-9-19-20(14(13)15(16)17)10-12-6-4-5-11(2)7-12/h4-7,9,15,18H,3,8,10H2,1-2H3. The summed E-state index contributed by atoms with van der Waals surface area (Å²) in [6.45, 7) is 5.46. The summed E-state index contributed by atoms with van der Waals surface area (Å²) in [4.78, 5) is 0. The van der Waals surface area contributed by atoms with E-state index in [1.807, 2.05) is 38.1 Å². The van der Waals surface area contributed by atoms with Gasteiger partial charge in [0.2, 0.25) is 0 Å². The first-order valence-electron chi connectivity index (χ1n) is 6.70. The number of halogens is 2. The molecule has 0 saturated heterocycles. The zero-order chi connectivity index (χ0) is 14.5. The molecular weight excluding hydrogens is 260 g/mol. The molecule has 108 valence electrons. The maximum Gasteiger partial charge on any atom is 0.280 e. The van der Waals surface area contributed by atoms with Crippen LogP contribution < -0.4 is 5.32 Å². The van der Waals surface area contributed by atoms with Crippen LogP contribution in [-0.2, 0) is 13.1 Å². The van der Waals surface area contributed by atoms with Crippen LogP contribution in [0.1, 0.15) is 35.7 Å². The van der Waals surface area contributed by atoms with Gasteiger partial charge in [-0.05, 0) is 19.0 Å². The molecule has 1 aromatic heterocycles. The van der Waals surface area contributed by atoms with Crippen molar-refractivity contribution in [1.29, 1.82) is 0 Å². The number of nitrogens with zero attached hydrogens (tertiary/aromatic N) is 2. The Morgan fingerprint density at radius 3 is 2.80 bits per heavy atom. The molecule has 0 atom stereocenters. The minimum atomic E-state index is -2.52. The van der Waals surface area contributed by atoms with Crippen molar-refractivity contribution in [3.05, 3.63) is 52.8 Å². The molecule has 1 N–H and O–H groups in total. The van der Waals surface area contributed by atoms with Crippen molar-refractivity contribution >= 4 is 0 Å². The van der Waals surface area contributed by atoms with E-state index in [-0.39, 0.29) is 5.69 Å². The Hall–Kier alpha value is -1.75. The Morgan fingerprint density at radius 2 is 2.15 bits per heavy atom. The second kappa shape index (κ2) is 6.61. The van der Waals surface area contributed by atoms with E-state index < -0.39 is 6.43 Å². The molecule has 2 aromatic rings. The van der Waals surface area contributed by atoms with Crippen LogP contribution in [-0.4, -0.2) is 16.3 Å². The molecule has 1 aromatic carbocycles. The first kappa shape index (κ1) is 14.7. The van der Waals surface area contributed by atoms with Gasteiger partial charge in [-0.2, -0.15) is 5.10 Å². The predicted molar refractivity (Wildman–Crippen MR) is 74.8 cm³/mol. The van der Waals surface area contributed by atoms with Crippen molar-refractivity contribution in [1.82, 2.24) is 15.1 Å². The molecule has 0 saturated carbocycles. The number of alkyl halides is 2. The summed E-state index contributed by atoms with van der Waals surface area (Å²) in [5, 5.41) is 7.17. The van der Waals surface area contributed by atoms with Gasteiger partial charge >= 0.3 is 0 Å². The molecule has 0 aliphatic rings. The lowest BCUT2D eigenvalue weighted by Crippen LogP contribution is -2.14. The highest BCUT2D eigenvalue weighted by Crippen LogP contribution is 2.23. The van der Waals surface area contributed by atoms with E-state index >= 15 is 0 Å². The van der Waals surface area contributed by atoms with E-state index in [1.165, 1.54) is 10.9 Å². The fraction of sp³-hybridized carbons (Fsp3) is 0.400. The topological polar surface area (TPSA) is 29.9 Å². The minimum Gasteiger partial charge on any atom is -0.313 e. The van der Waals surface area contributed by atoms with Gasteiger partial charge in [0.1, 0.15) is 5.69 Å². The molecule has 1 heterocycles. The highest BCUT2D eigenvalue weighted by Gasteiger charge is 2.19. The number of aromatic nitrogens is 2. The number of benzene rings is 1. The van der Waals surface area contributed by atoms with E-state index in [1.54, 1.807) is 0 Å². The van der Waals surface area contributed by atoms with Crippen LogP contribution in [0.15, 0.2) is 30.5 Å². The monoisotopic (exact) mass is 279 g/mol. The quantitative estimate of drug-likeness (QED) is 0.879. The lowest BCUT2D eigenvalue weighted by Gasteiger charge is -2.10. The van der Waals surface area contributed by atoms with Crippen molar-refractivity contribution in [2.75, 3.05) is 6.54 Å². The van der Waals surface area contributed by atoms with Crippen LogP contribution in [0.5, 0.6) is 0 Å². The van der Waals surface area contributed by atoms with Crippen molar-refractivity contribution in [2.24, 2.45) is 0 Å². The Kier molecular flexibility index (Phi) is 4.84. The van der Waals surface area contributed by atoms with Gasteiger partial charge in [-0.15, -0.1) is 0 Å². The maximum atomic E-state index is 13.2. The average Bonchev–Trinajstić information content (AvgIpc) is 2.79. The number of hydrogen-bond acceptors (Lipinski definition) is 2. The van der Waals surface area contributed by atoms with Crippen LogP contribution >= 0.6 is 0 Å². The number of rotatable bonds is 6. The summed E-state index contributed by atoms with van der Waals surface area (Å²) in [5.74, 6) is 0. The Morgan fingerprint density at radius 1 is 1.35 bits per heavy atom. The molecular formula is C15H19F2N3. The zero-order valence-corrected chi connectivity index (χ0v) is 11.7. The summed E-state index contributed by atoms with van der Waals surface area (Å²) in [7, 11) is 0. The van der Waals surface area contributed by atoms with E-state index in [0.717, 1.165) is 17.7 Å². The first-order chi connectivity index (χ1) is 9.61. The molecule has 0 bridgehead atoms. The second-order valence-electron chi connectivity index (χ2n) is 4.78. The van der Waals surface area contributed by atoms with Gasteiger partial charge < -0.3 is 5.32 Å². The summed E-state index contributed by atoms with van der Waals surface area (Å²) < 4.78 is 27.9. The summed E-state index contributed by atoms with van der Waals surface area (Å²) in [6.07, 6.45) is -0.990. The van der Waals surface area contributed by atoms with Gasteiger partial charge in [0.05, 0.1) is 12.7 Å². The van der Waals surface area contributed by atoms with E-state index in [2.05, 4.69) is 10.4 Å². The van der Waals surface area contributed by atoms with Gasteiger partial charge in [-0.3, -0.25) is 4.68 Å². The fourth-order valence-corrected chi connectivity index (χ4v) is 2.19. The number of nitrogens with one attached hydrogen (secondary N) is 1. The molecule has 0 fully saturated rings. The van der Waals surface area contributed by atoms with Crippen molar-refractivity contribution < 1.29 is 8.78 Å². The minimum absolute atomic E-state index is 0.00690. The highest BCUT2D eigenvalue weighted by molar-refractivity contribution is 5.25. The summed E-state index contributed by atoms with van der Waals surface area (Å²) >= 11 is 0. The Labute approximate surface area is 117 Å². The Bertz CT molecular complexity index is 564. The van der Waals surface area contributed by atoms with Crippen molar-refractivity contribution in [2.45, 2.75) is 33.4 Å². The molecule has 3 nitrogen and oxygen atoms in total. The molecule has 0 aliphatic heterocycles. The fourth-order valence-electron chi connectivity index (χ4n) is 2.19. The van der Waals surface area contributed by atoms with Crippen LogP contribution in [0.25, 0.3) is 0 Å². The average molecular weight is 279 g/mol. The molecule has 0 aliphatic carbocycles. The zero-order valence-electron chi connectivity index (χ0n) is 11.7.